The summed E-state index contributed by atoms with van der Waals surface area (Å²) < 4.78 is 20.4. The van der Waals surface area contributed by atoms with Crippen LogP contribution < -0.4 is 10.4 Å². The summed E-state index contributed by atoms with van der Waals surface area (Å²) in [5.41, 5.74) is 0. The molecule has 2 rings (SSSR count). The second kappa shape index (κ2) is 8.76. The van der Waals surface area contributed by atoms with Gasteiger partial charge in [0.2, 0.25) is 0 Å². The standard InChI is InChI=1S/C23H29FO2Si/c1-18(16-20(24)17-25)19(2)26-27(23(3,4)5,21-12-8-6-9-13-21)22-14-10-7-11-15-22/h6-19H,1-5H3/b20-16+/t18-,19+/m1/s1. The van der Waals surface area contributed by atoms with Crippen molar-refractivity contribution in [2.45, 2.75) is 45.8 Å². The highest BCUT2D eigenvalue weighted by molar-refractivity contribution is 6.99. The van der Waals surface area contributed by atoms with E-state index in [0.29, 0.717) is 0 Å². The zero-order chi connectivity index (χ0) is 20.1. The molecule has 2 aromatic carbocycles. The fourth-order valence-corrected chi connectivity index (χ4v) is 8.29. The van der Waals surface area contributed by atoms with Gasteiger partial charge in [-0.05, 0) is 28.4 Å². The Morgan fingerprint density at radius 2 is 1.41 bits per heavy atom. The van der Waals surface area contributed by atoms with Crippen molar-refractivity contribution >= 4 is 25.0 Å². The summed E-state index contributed by atoms with van der Waals surface area (Å²) in [6.45, 7) is 10.5. The Hall–Kier alpha value is -2.04. The largest absolute Gasteiger partial charge is 0.404 e. The molecule has 0 saturated heterocycles. The lowest BCUT2D eigenvalue weighted by atomic mass is 10.1. The zero-order valence-corrected chi connectivity index (χ0v) is 17.8. The molecule has 0 radical (unpaired) electrons. The molecule has 2 atom stereocenters. The van der Waals surface area contributed by atoms with E-state index in [0.717, 1.165) is 0 Å². The summed E-state index contributed by atoms with van der Waals surface area (Å²) in [5, 5.41) is 2.22. The minimum absolute atomic E-state index is 0.142. The van der Waals surface area contributed by atoms with Crippen LogP contribution in [0.25, 0.3) is 0 Å². The van der Waals surface area contributed by atoms with Crippen molar-refractivity contribution in [1.82, 2.24) is 0 Å². The first-order valence-electron chi connectivity index (χ1n) is 9.33. The zero-order valence-electron chi connectivity index (χ0n) is 16.8. The van der Waals surface area contributed by atoms with Crippen LogP contribution in [-0.2, 0) is 9.22 Å². The van der Waals surface area contributed by atoms with Gasteiger partial charge >= 0.3 is 0 Å². The molecule has 2 nitrogen and oxygen atoms in total. The van der Waals surface area contributed by atoms with Gasteiger partial charge in [-0.2, -0.15) is 0 Å². The van der Waals surface area contributed by atoms with E-state index in [1.54, 1.807) is 0 Å². The van der Waals surface area contributed by atoms with Crippen molar-refractivity contribution in [2.75, 3.05) is 0 Å². The van der Waals surface area contributed by atoms with Gasteiger partial charge < -0.3 is 4.43 Å². The second-order valence-corrected chi connectivity index (χ2v) is 12.3. The Kier molecular flexibility index (Phi) is 6.90. The number of carbonyl (C=O) groups excluding carboxylic acids is 1. The van der Waals surface area contributed by atoms with Gasteiger partial charge in [0.1, 0.15) is 0 Å². The van der Waals surface area contributed by atoms with Crippen LogP contribution in [0.3, 0.4) is 0 Å². The summed E-state index contributed by atoms with van der Waals surface area (Å²) in [6.07, 6.45) is 1.34. The van der Waals surface area contributed by atoms with E-state index in [4.69, 9.17) is 4.43 Å². The van der Waals surface area contributed by atoms with E-state index < -0.39 is 14.1 Å². The van der Waals surface area contributed by atoms with Gasteiger partial charge in [0, 0.05) is 12.0 Å². The number of hydrogen-bond donors (Lipinski definition) is 0. The highest BCUT2D eigenvalue weighted by Gasteiger charge is 2.51. The van der Waals surface area contributed by atoms with Crippen LogP contribution in [0.4, 0.5) is 4.39 Å². The number of halogens is 1. The second-order valence-electron chi connectivity index (χ2n) is 8.01. The molecule has 4 heteroatoms. The summed E-state index contributed by atoms with van der Waals surface area (Å²) in [6, 6.07) is 20.7. The Labute approximate surface area is 163 Å². The average molecular weight is 385 g/mol. The number of carbonyl (C=O) groups is 1. The van der Waals surface area contributed by atoms with Gasteiger partial charge in [0.05, 0.1) is 0 Å². The first-order valence-corrected chi connectivity index (χ1v) is 11.2. The molecule has 0 saturated carbocycles. The van der Waals surface area contributed by atoms with Crippen molar-refractivity contribution in [3.63, 3.8) is 0 Å². The maximum Gasteiger partial charge on any atom is 0.261 e. The SMILES string of the molecule is C[C@H](/C=C(/F)C=O)[C@H](C)O[Si](c1ccccc1)(c1ccccc1)C(C)(C)C. The maximum atomic E-state index is 13.5. The van der Waals surface area contributed by atoms with Gasteiger partial charge in [-0.15, -0.1) is 0 Å². The molecule has 0 bridgehead atoms. The lowest BCUT2D eigenvalue weighted by Crippen LogP contribution is -2.67. The van der Waals surface area contributed by atoms with E-state index >= 15 is 0 Å². The number of hydrogen-bond acceptors (Lipinski definition) is 2. The van der Waals surface area contributed by atoms with E-state index in [2.05, 4.69) is 45.0 Å². The van der Waals surface area contributed by atoms with Crippen molar-refractivity contribution < 1.29 is 13.6 Å². The molecule has 144 valence electrons. The minimum atomic E-state index is -2.68. The van der Waals surface area contributed by atoms with E-state index in [1.165, 1.54) is 16.4 Å². The lowest BCUT2D eigenvalue weighted by molar-refractivity contribution is -0.106. The smallest absolute Gasteiger partial charge is 0.261 e. The molecule has 0 N–H and O–H groups in total. The quantitative estimate of drug-likeness (QED) is 0.395. The van der Waals surface area contributed by atoms with Crippen molar-refractivity contribution in [2.24, 2.45) is 5.92 Å². The monoisotopic (exact) mass is 384 g/mol. The third-order valence-corrected chi connectivity index (χ3v) is 10.2. The number of aldehydes is 1. The summed E-state index contributed by atoms with van der Waals surface area (Å²) in [4.78, 5) is 10.7. The van der Waals surface area contributed by atoms with Crippen molar-refractivity contribution in [1.29, 1.82) is 0 Å². The van der Waals surface area contributed by atoms with Gasteiger partial charge in [-0.25, -0.2) is 4.39 Å². The Balaban J connectivity index is 2.61. The molecule has 2 aromatic rings. The number of rotatable bonds is 7. The lowest BCUT2D eigenvalue weighted by Gasteiger charge is -2.45. The van der Waals surface area contributed by atoms with Gasteiger partial charge in [-0.1, -0.05) is 88.4 Å². The molecule has 0 aliphatic rings. The molecule has 0 aliphatic carbocycles. The Bertz CT molecular complexity index is 726. The van der Waals surface area contributed by atoms with E-state index in [1.807, 2.05) is 50.2 Å². The van der Waals surface area contributed by atoms with Gasteiger partial charge in [0.25, 0.3) is 8.32 Å². The molecular formula is C23H29FO2Si. The first kappa shape index (κ1) is 21.3. The van der Waals surface area contributed by atoms with Gasteiger partial charge in [0.15, 0.2) is 12.1 Å². The van der Waals surface area contributed by atoms with Crippen molar-refractivity contribution in [3.05, 3.63) is 72.6 Å². The fraction of sp³-hybridized carbons (Fsp3) is 0.348. The third-order valence-electron chi connectivity index (χ3n) is 5.05. The van der Waals surface area contributed by atoms with E-state index in [9.17, 15) is 9.18 Å². The Morgan fingerprint density at radius 1 is 0.963 bits per heavy atom. The fourth-order valence-electron chi connectivity index (χ4n) is 3.50. The van der Waals surface area contributed by atoms with E-state index in [-0.39, 0.29) is 23.3 Å². The van der Waals surface area contributed by atoms with Crippen LogP contribution >= 0.6 is 0 Å². The van der Waals surface area contributed by atoms with Crippen LogP contribution in [0, 0.1) is 5.92 Å². The molecule has 0 heterocycles. The Morgan fingerprint density at radius 3 is 1.78 bits per heavy atom. The topological polar surface area (TPSA) is 26.3 Å². The van der Waals surface area contributed by atoms with Crippen LogP contribution in [0.1, 0.15) is 34.6 Å². The molecule has 0 aromatic heterocycles. The molecule has 0 fully saturated rings. The minimum Gasteiger partial charge on any atom is -0.404 e. The molecule has 0 aliphatic heterocycles. The van der Waals surface area contributed by atoms with Crippen LogP contribution in [0.2, 0.25) is 5.04 Å². The predicted molar refractivity (Wildman–Crippen MR) is 113 cm³/mol. The molecule has 0 amide bonds. The third kappa shape index (κ3) is 4.63. The first-order chi connectivity index (χ1) is 12.7. The highest BCUT2D eigenvalue weighted by atomic mass is 28.4. The number of benzene rings is 2. The van der Waals surface area contributed by atoms with Gasteiger partial charge in [-0.3, -0.25) is 4.79 Å². The van der Waals surface area contributed by atoms with Crippen LogP contribution in [0.15, 0.2) is 72.6 Å². The molecule has 0 unspecified atom stereocenters. The highest BCUT2D eigenvalue weighted by Crippen LogP contribution is 2.38. The summed E-state index contributed by atoms with van der Waals surface area (Å²) >= 11 is 0. The normalized spacial score (nSPS) is 15.3. The maximum absolute atomic E-state index is 13.5. The van der Waals surface area contributed by atoms with Crippen LogP contribution in [-0.4, -0.2) is 20.7 Å². The number of allylic oxidation sites excluding steroid dienone is 1. The average Bonchev–Trinajstić information content (AvgIpc) is 2.66. The molecule has 27 heavy (non-hydrogen) atoms. The summed E-state index contributed by atoms with van der Waals surface area (Å²) in [7, 11) is -2.68. The molecule has 0 spiro atoms. The summed E-state index contributed by atoms with van der Waals surface area (Å²) in [5.74, 6) is -0.975. The predicted octanol–water partition coefficient (Wildman–Crippen LogP) is 4.64. The van der Waals surface area contributed by atoms with Crippen LogP contribution in [0.5, 0.6) is 0 Å². The van der Waals surface area contributed by atoms with Crippen molar-refractivity contribution in [3.8, 4) is 0 Å². The molecular weight excluding hydrogens is 355 g/mol.